The second kappa shape index (κ2) is 10.9. The molecule has 1 atom stereocenters. The Morgan fingerprint density at radius 1 is 1.27 bits per heavy atom. The van der Waals surface area contributed by atoms with Gasteiger partial charge in [0.1, 0.15) is 12.4 Å². The Kier molecular flexibility index (Phi) is 8.87. The maximum atomic E-state index is 12.0. The Balaban J connectivity index is 1.83. The fourth-order valence-corrected chi connectivity index (χ4v) is 5.24. The molecule has 0 unspecified atom stereocenters. The van der Waals surface area contributed by atoms with Crippen molar-refractivity contribution in [2.45, 2.75) is 65.0 Å². The largest absolute Gasteiger partial charge is 0.471 e. The number of hydrogen-bond acceptors (Lipinski definition) is 6. The summed E-state index contributed by atoms with van der Waals surface area (Å²) in [7, 11) is 3.38. The van der Waals surface area contributed by atoms with Crippen LogP contribution in [0.4, 0.5) is 0 Å². The number of rotatable bonds is 11. The minimum atomic E-state index is -0.516. The molecule has 0 spiro atoms. The minimum absolute atomic E-state index is 0.187. The zero-order valence-electron chi connectivity index (χ0n) is 15.5. The van der Waals surface area contributed by atoms with E-state index in [2.05, 4.69) is 11.9 Å². The van der Waals surface area contributed by atoms with Crippen LogP contribution < -0.4 is 11.2 Å². The van der Waals surface area contributed by atoms with E-state index in [-0.39, 0.29) is 12.2 Å². The van der Waals surface area contributed by atoms with E-state index in [1.807, 2.05) is 0 Å². The van der Waals surface area contributed by atoms with Crippen molar-refractivity contribution in [1.29, 1.82) is 0 Å². The topological polar surface area (TPSA) is 84.3 Å². The molecule has 0 fully saturated rings. The number of ether oxygens (including phenoxy) is 1. The van der Waals surface area contributed by atoms with Crippen LogP contribution in [-0.2, 0) is 4.74 Å². The number of aryl methyl sites for hydroxylation is 1. The second-order valence-corrected chi connectivity index (χ2v) is 8.94. The molecule has 1 aromatic rings. The highest BCUT2D eigenvalue weighted by atomic mass is 33.1. The maximum Gasteiger partial charge on any atom is 0.331 e. The first-order valence-corrected chi connectivity index (χ1v) is 11.5. The SMILES string of the molecule is CCCCCCCCSSC1=C(CO)O[C@@H](n2cc(C)c(=O)[nH]c2=O)C1. The number of nitrogens with zero attached hydrogens (tertiary/aromatic N) is 1. The summed E-state index contributed by atoms with van der Waals surface area (Å²) in [5, 5.41) is 9.54. The summed E-state index contributed by atoms with van der Waals surface area (Å²) in [6.07, 6.45) is 9.15. The lowest BCUT2D eigenvalue weighted by molar-refractivity contribution is 0.0590. The summed E-state index contributed by atoms with van der Waals surface area (Å²) < 4.78 is 7.13. The number of aromatic amines is 1. The molecule has 146 valence electrons. The van der Waals surface area contributed by atoms with Gasteiger partial charge in [0.15, 0.2) is 6.23 Å². The average molecular weight is 401 g/mol. The van der Waals surface area contributed by atoms with E-state index < -0.39 is 11.9 Å². The average Bonchev–Trinajstić information content (AvgIpc) is 3.03. The number of nitrogens with one attached hydrogen (secondary N) is 1. The van der Waals surface area contributed by atoms with E-state index in [0.29, 0.717) is 17.7 Å². The van der Waals surface area contributed by atoms with Crippen molar-refractivity contribution < 1.29 is 9.84 Å². The maximum absolute atomic E-state index is 12.0. The van der Waals surface area contributed by atoms with Crippen LogP contribution in [0.3, 0.4) is 0 Å². The number of aliphatic hydroxyl groups is 1. The Hall–Kier alpha value is -1.12. The van der Waals surface area contributed by atoms with Gasteiger partial charge in [-0.1, -0.05) is 60.6 Å². The van der Waals surface area contributed by atoms with Gasteiger partial charge in [-0.25, -0.2) is 4.79 Å². The van der Waals surface area contributed by atoms with Gasteiger partial charge >= 0.3 is 5.69 Å². The molecule has 1 aliphatic heterocycles. The zero-order chi connectivity index (χ0) is 18.9. The molecule has 26 heavy (non-hydrogen) atoms. The summed E-state index contributed by atoms with van der Waals surface area (Å²) in [5.74, 6) is 1.58. The third-order valence-electron chi connectivity index (χ3n) is 4.29. The first kappa shape index (κ1) is 21.2. The van der Waals surface area contributed by atoms with Crippen molar-refractivity contribution in [1.82, 2.24) is 9.55 Å². The molecular formula is C18H28N2O4S2. The lowest BCUT2D eigenvalue weighted by Crippen LogP contribution is -2.33. The van der Waals surface area contributed by atoms with Crippen molar-refractivity contribution in [3.8, 4) is 0 Å². The van der Waals surface area contributed by atoms with Crippen LogP contribution in [0.5, 0.6) is 0 Å². The van der Waals surface area contributed by atoms with E-state index in [1.165, 1.54) is 49.3 Å². The van der Waals surface area contributed by atoms with Gasteiger partial charge in [-0.3, -0.25) is 14.3 Å². The number of unbranched alkanes of at least 4 members (excludes halogenated alkanes) is 5. The van der Waals surface area contributed by atoms with E-state index >= 15 is 0 Å². The van der Waals surface area contributed by atoms with Crippen LogP contribution in [-0.4, -0.2) is 27.0 Å². The van der Waals surface area contributed by atoms with Gasteiger partial charge in [-0.15, -0.1) is 0 Å². The lowest BCUT2D eigenvalue weighted by Gasteiger charge is -2.15. The first-order chi connectivity index (χ1) is 12.6. The molecule has 1 aliphatic rings. The van der Waals surface area contributed by atoms with Crippen molar-refractivity contribution in [2.24, 2.45) is 0 Å². The highest BCUT2D eigenvalue weighted by Gasteiger charge is 2.28. The Morgan fingerprint density at radius 3 is 2.73 bits per heavy atom. The minimum Gasteiger partial charge on any atom is -0.471 e. The predicted octanol–water partition coefficient (Wildman–Crippen LogP) is 3.71. The molecule has 0 amide bonds. The number of aliphatic hydroxyl groups excluding tert-OH is 1. The van der Waals surface area contributed by atoms with Crippen LogP contribution in [0.25, 0.3) is 0 Å². The first-order valence-electron chi connectivity index (χ1n) is 9.17. The molecule has 6 nitrogen and oxygen atoms in total. The van der Waals surface area contributed by atoms with Crippen molar-refractivity contribution in [3.63, 3.8) is 0 Å². The van der Waals surface area contributed by atoms with Gasteiger partial charge in [-0.2, -0.15) is 0 Å². The van der Waals surface area contributed by atoms with Gasteiger partial charge in [0, 0.05) is 28.8 Å². The molecule has 0 saturated heterocycles. The van der Waals surface area contributed by atoms with Crippen LogP contribution >= 0.6 is 21.6 Å². The summed E-state index contributed by atoms with van der Waals surface area (Å²) in [4.78, 5) is 26.8. The van der Waals surface area contributed by atoms with E-state index in [4.69, 9.17) is 4.74 Å². The Bertz CT molecular complexity index is 727. The quantitative estimate of drug-likeness (QED) is 0.435. The summed E-state index contributed by atoms with van der Waals surface area (Å²) in [6, 6.07) is 0. The molecule has 2 N–H and O–H groups in total. The van der Waals surface area contributed by atoms with Crippen LogP contribution in [0.1, 0.15) is 63.7 Å². The van der Waals surface area contributed by atoms with Gasteiger partial charge in [0.2, 0.25) is 0 Å². The number of hydrogen-bond donors (Lipinski definition) is 2. The number of aromatic nitrogens is 2. The van der Waals surface area contributed by atoms with Gasteiger partial charge in [0.25, 0.3) is 5.56 Å². The molecule has 2 heterocycles. The summed E-state index contributed by atoms with van der Waals surface area (Å²) >= 11 is 0. The second-order valence-electron chi connectivity index (χ2n) is 6.43. The van der Waals surface area contributed by atoms with E-state index in [1.54, 1.807) is 28.5 Å². The molecule has 1 aromatic heterocycles. The van der Waals surface area contributed by atoms with Gasteiger partial charge in [-0.05, 0) is 13.3 Å². The molecule has 8 heteroatoms. The third kappa shape index (κ3) is 5.96. The fraction of sp³-hybridized carbons (Fsp3) is 0.667. The molecule has 0 radical (unpaired) electrons. The molecular weight excluding hydrogens is 372 g/mol. The van der Waals surface area contributed by atoms with Crippen LogP contribution in [0.15, 0.2) is 26.5 Å². The predicted molar refractivity (Wildman–Crippen MR) is 108 cm³/mol. The highest BCUT2D eigenvalue weighted by Crippen LogP contribution is 2.43. The fourth-order valence-electron chi connectivity index (χ4n) is 2.76. The van der Waals surface area contributed by atoms with Crippen molar-refractivity contribution in [3.05, 3.63) is 43.3 Å². The van der Waals surface area contributed by atoms with Crippen molar-refractivity contribution in [2.75, 3.05) is 12.4 Å². The molecule has 0 bridgehead atoms. The zero-order valence-corrected chi connectivity index (χ0v) is 17.1. The molecule has 0 saturated carbocycles. The normalized spacial score (nSPS) is 17.0. The van der Waals surface area contributed by atoms with E-state index in [0.717, 1.165) is 10.7 Å². The van der Waals surface area contributed by atoms with Crippen molar-refractivity contribution >= 4 is 21.6 Å². The smallest absolute Gasteiger partial charge is 0.331 e. The summed E-state index contributed by atoms with van der Waals surface area (Å²) in [5.41, 5.74) is -0.421. The standard InChI is InChI=1S/C18H28N2O4S2/c1-3-4-5-6-7-8-9-25-26-15-10-16(24-14(15)12-21)20-11-13(2)17(22)19-18(20)23/h11,16,21H,3-10,12H2,1-2H3,(H,19,22,23)/t16-/m1/s1. The van der Waals surface area contributed by atoms with Crippen LogP contribution in [0.2, 0.25) is 0 Å². The molecule has 0 aliphatic carbocycles. The monoisotopic (exact) mass is 400 g/mol. The van der Waals surface area contributed by atoms with Gasteiger partial charge < -0.3 is 9.84 Å². The Morgan fingerprint density at radius 2 is 2.00 bits per heavy atom. The Labute approximate surface area is 161 Å². The highest BCUT2D eigenvalue weighted by molar-refractivity contribution is 8.78. The van der Waals surface area contributed by atoms with Crippen LogP contribution in [0, 0.1) is 6.92 Å². The van der Waals surface area contributed by atoms with E-state index in [9.17, 15) is 14.7 Å². The van der Waals surface area contributed by atoms with Gasteiger partial charge in [0.05, 0.1) is 0 Å². The lowest BCUT2D eigenvalue weighted by atomic mass is 10.1. The third-order valence-corrected chi connectivity index (χ3v) is 6.92. The molecule has 0 aromatic carbocycles. The summed E-state index contributed by atoms with van der Waals surface area (Å²) in [6.45, 7) is 3.68. The number of H-pyrrole nitrogens is 1. The molecule has 2 rings (SSSR count).